The van der Waals surface area contributed by atoms with Gasteiger partial charge in [-0.05, 0) is 30.3 Å². The largest absolute Gasteiger partial charge is 0.260 e. The average Bonchev–Trinajstić information content (AvgIpc) is 2.32. The van der Waals surface area contributed by atoms with Gasteiger partial charge in [0.05, 0.1) is 5.69 Å². The summed E-state index contributed by atoms with van der Waals surface area (Å²) in [5, 5.41) is 0. The average molecular weight is 237 g/mol. The van der Waals surface area contributed by atoms with E-state index in [0.717, 1.165) is 11.8 Å². The van der Waals surface area contributed by atoms with Gasteiger partial charge in [0.1, 0.15) is 0 Å². The zero-order valence-electron chi connectivity index (χ0n) is 8.36. The van der Waals surface area contributed by atoms with Gasteiger partial charge in [0.25, 0.3) is 0 Å². The van der Waals surface area contributed by atoms with Gasteiger partial charge in [-0.1, -0.05) is 6.07 Å². The lowest BCUT2D eigenvalue weighted by molar-refractivity contribution is 0.506. The highest BCUT2D eigenvalue weighted by molar-refractivity contribution is 7.98. The van der Waals surface area contributed by atoms with Gasteiger partial charge in [-0.25, -0.2) is 8.78 Å². The second-order valence-corrected chi connectivity index (χ2v) is 4.23. The van der Waals surface area contributed by atoms with Crippen molar-refractivity contribution in [2.24, 2.45) is 0 Å². The Morgan fingerprint density at radius 3 is 2.62 bits per heavy atom. The van der Waals surface area contributed by atoms with Gasteiger partial charge in [-0.3, -0.25) is 4.98 Å². The highest BCUT2D eigenvalue weighted by Gasteiger charge is 2.03. The van der Waals surface area contributed by atoms with E-state index >= 15 is 0 Å². The molecule has 0 N–H and O–H groups in total. The Morgan fingerprint density at radius 2 is 1.94 bits per heavy atom. The van der Waals surface area contributed by atoms with Crippen LogP contribution in [0.1, 0.15) is 5.69 Å². The Bertz CT molecular complexity index is 474. The number of nitrogens with zero attached hydrogens (tertiary/aromatic N) is 1. The molecule has 0 spiro atoms. The van der Waals surface area contributed by atoms with Gasteiger partial charge >= 0.3 is 0 Å². The maximum atomic E-state index is 12.9. The molecular weight excluding hydrogens is 228 g/mol. The van der Waals surface area contributed by atoms with Crippen molar-refractivity contribution < 1.29 is 8.78 Å². The predicted molar refractivity (Wildman–Crippen MR) is 60.2 cm³/mol. The van der Waals surface area contributed by atoms with Crippen molar-refractivity contribution in [1.82, 2.24) is 4.98 Å². The van der Waals surface area contributed by atoms with Crippen molar-refractivity contribution in [2.45, 2.75) is 10.6 Å². The Morgan fingerprint density at radius 1 is 1.06 bits per heavy atom. The molecule has 0 aliphatic carbocycles. The van der Waals surface area contributed by atoms with Gasteiger partial charge in [0.15, 0.2) is 11.6 Å². The van der Waals surface area contributed by atoms with Crippen molar-refractivity contribution in [3.05, 3.63) is 59.9 Å². The van der Waals surface area contributed by atoms with Crippen molar-refractivity contribution in [2.75, 3.05) is 0 Å². The number of rotatable bonds is 3. The Labute approximate surface area is 96.5 Å². The van der Waals surface area contributed by atoms with Crippen LogP contribution < -0.4 is 0 Å². The molecule has 0 amide bonds. The normalized spacial score (nSPS) is 10.4. The second-order valence-electron chi connectivity index (χ2n) is 3.19. The van der Waals surface area contributed by atoms with Gasteiger partial charge in [0, 0.05) is 16.8 Å². The van der Waals surface area contributed by atoms with Gasteiger partial charge < -0.3 is 0 Å². The van der Waals surface area contributed by atoms with Gasteiger partial charge in [0.2, 0.25) is 0 Å². The highest BCUT2D eigenvalue weighted by Crippen LogP contribution is 2.23. The molecule has 2 aromatic rings. The summed E-state index contributed by atoms with van der Waals surface area (Å²) in [6, 6.07) is 9.53. The molecule has 1 heterocycles. The van der Waals surface area contributed by atoms with E-state index < -0.39 is 11.6 Å². The number of hydrogen-bond acceptors (Lipinski definition) is 2. The van der Waals surface area contributed by atoms with Crippen LogP contribution in [0.5, 0.6) is 0 Å². The van der Waals surface area contributed by atoms with E-state index in [1.165, 1.54) is 17.8 Å². The van der Waals surface area contributed by atoms with Crippen LogP contribution >= 0.6 is 11.8 Å². The maximum absolute atomic E-state index is 12.9. The van der Waals surface area contributed by atoms with Crippen LogP contribution in [0.3, 0.4) is 0 Å². The van der Waals surface area contributed by atoms with Crippen molar-refractivity contribution in [3.63, 3.8) is 0 Å². The number of pyridine rings is 1. The Hall–Kier alpha value is -1.42. The molecule has 4 heteroatoms. The first-order valence-corrected chi connectivity index (χ1v) is 5.72. The zero-order valence-corrected chi connectivity index (χ0v) is 9.18. The summed E-state index contributed by atoms with van der Waals surface area (Å²) in [7, 11) is 0. The molecule has 0 bridgehead atoms. The van der Waals surface area contributed by atoms with Gasteiger partial charge in [-0.2, -0.15) is 0 Å². The monoisotopic (exact) mass is 237 g/mol. The van der Waals surface area contributed by atoms with Crippen LogP contribution in [0.2, 0.25) is 0 Å². The summed E-state index contributed by atoms with van der Waals surface area (Å²) in [6.07, 6.45) is 1.71. The first-order chi connectivity index (χ1) is 7.75. The molecule has 1 aromatic carbocycles. The molecule has 82 valence electrons. The Balaban J connectivity index is 2.03. The van der Waals surface area contributed by atoms with E-state index in [0.29, 0.717) is 10.6 Å². The number of thioether (sulfide) groups is 1. The summed E-state index contributed by atoms with van der Waals surface area (Å²) in [5.41, 5.74) is 0.914. The molecule has 0 aliphatic heterocycles. The minimum Gasteiger partial charge on any atom is -0.260 e. The molecule has 1 nitrogen and oxygen atoms in total. The molecule has 0 saturated heterocycles. The number of aromatic nitrogens is 1. The van der Waals surface area contributed by atoms with Crippen molar-refractivity contribution in [1.29, 1.82) is 0 Å². The van der Waals surface area contributed by atoms with Gasteiger partial charge in [-0.15, -0.1) is 11.8 Å². The van der Waals surface area contributed by atoms with Crippen LogP contribution in [0.4, 0.5) is 8.78 Å². The molecule has 0 fully saturated rings. The molecule has 2 rings (SSSR count). The van der Waals surface area contributed by atoms with Crippen LogP contribution in [-0.4, -0.2) is 4.98 Å². The fourth-order valence-corrected chi connectivity index (χ4v) is 2.04. The quantitative estimate of drug-likeness (QED) is 0.756. The highest BCUT2D eigenvalue weighted by atomic mass is 32.2. The number of halogens is 2. The maximum Gasteiger partial charge on any atom is 0.159 e. The van der Waals surface area contributed by atoms with Crippen molar-refractivity contribution in [3.8, 4) is 0 Å². The fourth-order valence-electron chi connectivity index (χ4n) is 1.21. The van der Waals surface area contributed by atoms with E-state index in [2.05, 4.69) is 4.98 Å². The molecule has 0 atom stereocenters. The smallest absolute Gasteiger partial charge is 0.159 e. The third-order valence-electron chi connectivity index (χ3n) is 2.00. The molecule has 0 radical (unpaired) electrons. The summed E-state index contributed by atoms with van der Waals surface area (Å²) in [5.74, 6) is -0.987. The number of hydrogen-bond donors (Lipinski definition) is 0. The zero-order chi connectivity index (χ0) is 11.4. The van der Waals surface area contributed by atoms with Crippen LogP contribution in [0.25, 0.3) is 0 Å². The lowest BCUT2D eigenvalue weighted by Crippen LogP contribution is -1.86. The van der Waals surface area contributed by atoms with E-state index in [1.54, 1.807) is 12.3 Å². The summed E-state index contributed by atoms with van der Waals surface area (Å²) in [6.45, 7) is 0. The van der Waals surface area contributed by atoms with Crippen molar-refractivity contribution >= 4 is 11.8 Å². The molecule has 16 heavy (non-hydrogen) atoms. The van der Waals surface area contributed by atoms with Crippen LogP contribution in [0, 0.1) is 11.6 Å². The topological polar surface area (TPSA) is 12.9 Å². The Kier molecular flexibility index (Phi) is 3.51. The SMILES string of the molecule is Fc1ccc(SCc2ccccn2)cc1F. The molecule has 0 saturated carbocycles. The minimum absolute atomic E-state index is 0.645. The molecule has 0 unspecified atom stereocenters. The van der Waals surface area contributed by atoms with E-state index in [9.17, 15) is 8.78 Å². The lowest BCUT2D eigenvalue weighted by atomic mass is 10.3. The van der Waals surface area contributed by atoms with E-state index in [-0.39, 0.29) is 0 Å². The summed E-state index contributed by atoms with van der Waals surface area (Å²) < 4.78 is 25.6. The van der Waals surface area contributed by atoms with E-state index in [4.69, 9.17) is 0 Å². The summed E-state index contributed by atoms with van der Waals surface area (Å²) in [4.78, 5) is 4.84. The third kappa shape index (κ3) is 2.79. The first-order valence-electron chi connectivity index (χ1n) is 4.73. The summed E-state index contributed by atoms with van der Waals surface area (Å²) >= 11 is 1.43. The van der Waals surface area contributed by atoms with E-state index in [1.807, 2.05) is 18.2 Å². The minimum atomic E-state index is -0.817. The third-order valence-corrected chi connectivity index (χ3v) is 3.03. The second kappa shape index (κ2) is 5.07. The van der Waals surface area contributed by atoms with Crippen LogP contribution in [0.15, 0.2) is 47.5 Å². The number of benzene rings is 1. The standard InChI is InChI=1S/C12H9F2NS/c13-11-5-4-10(7-12(11)14)16-8-9-3-1-2-6-15-9/h1-7H,8H2. The predicted octanol–water partition coefficient (Wildman–Crippen LogP) is 3.65. The van der Waals surface area contributed by atoms with Crippen LogP contribution in [-0.2, 0) is 5.75 Å². The fraction of sp³-hybridized carbons (Fsp3) is 0.0833. The first kappa shape index (κ1) is 11.1. The lowest BCUT2D eigenvalue weighted by Gasteiger charge is -2.01. The molecule has 0 aliphatic rings. The molecule has 1 aromatic heterocycles. The molecular formula is C12H9F2NS.